The number of nitrogens with one attached hydrogen (secondary N) is 2. The van der Waals surface area contributed by atoms with Gasteiger partial charge in [-0.25, -0.2) is 4.98 Å². The van der Waals surface area contributed by atoms with Crippen molar-refractivity contribution in [3.05, 3.63) is 11.1 Å². The fourth-order valence-corrected chi connectivity index (χ4v) is 3.04. The molecular formula is C14H19N3O2S. The molecule has 2 saturated carbocycles. The quantitative estimate of drug-likeness (QED) is 0.872. The first kappa shape index (κ1) is 13.5. The van der Waals surface area contributed by atoms with E-state index in [1.807, 2.05) is 5.38 Å². The number of hydrogen-bond acceptors (Lipinski definition) is 4. The van der Waals surface area contributed by atoms with Gasteiger partial charge in [-0.05, 0) is 24.7 Å². The van der Waals surface area contributed by atoms with Gasteiger partial charge in [0, 0.05) is 17.2 Å². The predicted octanol–water partition coefficient (Wildman–Crippen LogP) is 2.01. The number of amides is 2. The van der Waals surface area contributed by atoms with Crippen LogP contribution in [0.3, 0.4) is 0 Å². The summed E-state index contributed by atoms with van der Waals surface area (Å²) in [6, 6.07) is 0. The minimum absolute atomic E-state index is 0.0641. The van der Waals surface area contributed by atoms with Gasteiger partial charge in [-0.15, -0.1) is 11.3 Å². The van der Waals surface area contributed by atoms with Gasteiger partial charge in [0.05, 0.1) is 12.2 Å². The first-order valence-corrected chi connectivity index (χ1v) is 7.95. The average Bonchev–Trinajstić information content (AvgIpc) is 3.27. The van der Waals surface area contributed by atoms with Crippen LogP contribution in [-0.4, -0.2) is 16.8 Å². The molecule has 5 nitrogen and oxygen atoms in total. The predicted molar refractivity (Wildman–Crippen MR) is 77.1 cm³/mol. The summed E-state index contributed by atoms with van der Waals surface area (Å²) in [6.07, 6.45) is 1.96. The Labute approximate surface area is 122 Å². The first-order chi connectivity index (χ1) is 9.54. The van der Waals surface area contributed by atoms with Crippen molar-refractivity contribution in [1.82, 2.24) is 10.3 Å². The monoisotopic (exact) mass is 293 g/mol. The van der Waals surface area contributed by atoms with Crippen LogP contribution in [0.1, 0.15) is 32.4 Å². The summed E-state index contributed by atoms with van der Waals surface area (Å²) in [5.74, 6) is 1.52. The van der Waals surface area contributed by atoms with E-state index in [0.717, 1.165) is 18.5 Å². The summed E-state index contributed by atoms with van der Waals surface area (Å²) in [6.45, 7) is 4.60. The van der Waals surface area contributed by atoms with Crippen molar-refractivity contribution >= 4 is 28.3 Å². The molecule has 20 heavy (non-hydrogen) atoms. The van der Waals surface area contributed by atoms with Gasteiger partial charge in [0.2, 0.25) is 11.8 Å². The molecule has 0 bridgehead atoms. The van der Waals surface area contributed by atoms with Gasteiger partial charge in [-0.1, -0.05) is 13.8 Å². The van der Waals surface area contributed by atoms with Gasteiger partial charge in [0.1, 0.15) is 0 Å². The number of thiazole rings is 1. The van der Waals surface area contributed by atoms with E-state index in [1.165, 1.54) is 11.3 Å². The molecular weight excluding hydrogens is 274 g/mol. The highest BCUT2D eigenvalue weighted by molar-refractivity contribution is 7.13. The molecule has 1 heterocycles. The van der Waals surface area contributed by atoms with E-state index in [-0.39, 0.29) is 23.7 Å². The van der Waals surface area contributed by atoms with Crippen LogP contribution in [-0.2, 0) is 16.1 Å². The fourth-order valence-electron chi connectivity index (χ4n) is 2.33. The van der Waals surface area contributed by atoms with Gasteiger partial charge < -0.3 is 10.6 Å². The lowest BCUT2D eigenvalue weighted by Gasteiger charge is -2.01. The van der Waals surface area contributed by atoms with E-state index in [2.05, 4.69) is 29.5 Å². The van der Waals surface area contributed by atoms with Crippen LogP contribution in [0, 0.1) is 23.7 Å². The topological polar surface area (TPSA) is 71.1 Å². The molecule has 4 atom stereocenters. The van der Waals surface area contributed by atoms with Crippen molar-refractivity contribution in [2.24, 2.45) is 23.7 Å². The molecule has 0 unspecified atom stereocenters. The molecule has 2 fully saturated rings. The molecule has 1 aromatic rings. The summed E-state index contributed by atoms with van der Waals surface area (Å²) in [5, 5.41) is 8.23. The molecule has 2 aliphatic carbocycles. The maximum absolute atomic E-state index is 11.8. The second-order valence-corrected chi connectivity index (χ2v) is 6.85. The zero-order chi connectivity index (χ0) is 14.3. The lowest BCUT2D eigenvalue weighted by atomic mass is 10.3. The number of nitrogens with zero attached hydrogens (tertiary/aromatic N) is 1. The molecule has 0 aromatic carbocycles. The van der Waals surface area contributed by atoms with Gasteiger partial charge >= 0.3 is 0 Å². The van der Waals surface area contributed by atoms with E-state index in [0.29, 0.717) is 23.5 Å². The summed E-state index contributed by atoms with van der Waals surface area (Å²) in [4.78, 5) is 27.8. The number of hydrogen-bond donors (Lipinski definition) is 2. The van der Waals surface area contributed by atoms with Gasteiger partial charge in [0.15, 0.2) is 5.13 Å². The first-order valence-electron chi connectivity index (χ1n) is 7.07. The summed E-state index contributed by atoms with van der Waals surface area (Å²) >= 11 is 1.41. The van der Waals surface area contributed by atoms with Crippen LogP contribution >= 0.6 is 11.3 Å². The van der Waals surface area contributed by atoms with Crippen molar-refractivity contribution in [2.45, 2.75) is 33.2 Å². The molecule has 0 saturated heterocycles. The normalized spacial score (nSPS) is 30.7. The fraction of sp³-hybridized carbons (Fsp3) is 0.643. The summed E-state index contributed by atoms with van der Waals surface area (Å²) in [7, 11) is 0. The summed E-state index contributed by atoms with van der Waals surface area (Å²) in [5.41, 5.74) is 0.802. The Balaban J connectivity index is 1.46. The third-order valence-electron chi connectivity index (χ3n) is 4.12. The highest BCUT2D eigenvalue weighted by Crippen LogP contribution is 2.39. The van der Waals surface area contributed by atoms with E-state index in [4.69, 9.17) is 0 Å². The second-order valence-electron chi connectivity index (χ2n) is 5.99. The Hall–Kier alpha value is -1.43. The molecule has 3 rings (SSSR count). The van der Waals surface area contributed by atoms with Crippen molar-refractivity contribution in [3.8, 4) is 0 Å². The van der Waals surface area contributed by atoms with Crippen LogP contribution in [0.4, 0.5) is 5.13 Å². The van der Waals surface area contributed by atoms with Crippen molar-refractivity contribution in [1.29, 1.82) is 0 Å². The minimum atomic E-state index is 0.0641. The van der Waals surface area contributed by atoms with Gasteiger partial charge in [-0.3, -0.25) is 9.59 Å². The third kappa shape index (κ3) is 3.00. The average molecular weight is 293 g/mol. The molecule has 0 radical (unpaired) electrons. The lowest BCUT2D eigenvalue weighted by Crippen LogP contribution is -2.25. The van der Waals surface area contributed by atoms with E-state index >= 15 is 0 Å². The number of aromatic nitrogens is 1. The Morgan fingerprint density at radius 3 is 2.45 bits per heavy atom. The van der Waals surface area contributed by atoms with Crippen molar-refractivity contribution in [3.63, 3.8) is 0 Å². The van der Waals surface area contributed by atoms with Crippen LogP contribution in [0.15, 0.2) is 5.38 Å². The van der Waals surface area contributed by atoms with Crippen molar-refractivity contribution < 1.29 is 9.59 Å². The van der Waals surface area contributed by atoms with E-state index in [1.54, 1.807) is 0 Å². The highest BCUT2D eigenvalue weighted by atomic mass is 32.1. The molecule has 108 valence electrons. The number of carbonyl (C=O) groups excluding carboxylic acids is 2. The highest BCUT2D eigenvalue weighted by Gasteiger charge is 2.40. The largest absolute Gasteiger partial charge is 0.350 e. The van der Waals surface area contributed by atoms with Gasteiger partial charge in [-0.2, -0.15) is 0 Å². The molecule has 2 N–H and O–H groups in total. The maximum atomic E-state index is 11.8. The second kappa shape index (κ2) is 5.16. The smallest absolute Gasteiger partial charge is 0.229 e. The van der Waals surface area contributed by atoms with Crippen LogP contribution in [0.5, 0.6) is 0 Å². The van der Waals surface area contributed by atoms with E-state index < -0.39 is 0 Å². The van der Waals surface area contributed by atoms with Crippen LogP contribution in [0.25, 0.3) is 0 Å². The number of anilines is 1. The molecule has 6 heteroatoms. The third-order valence-corrected chi connectivity index (χ3v) is 4.92. The zero-order valence-corrected chi connectivity index (χ0v) is 12.5. The molecule has 1 aromatic heterocycles. The zero-order valence-electron chi connectivity index (χ0n) is 11.7. The Morgan fingerprint density at radius 1 is 1.25 bits per heavy atom. The molecule has 0 aliphatic heterocycles. The van der Waals surface area contributed by atoms with Crippen LogP contribution < -0.4 is 10.6 Å². The molecule has 2 aliphatic rings. The molecule has 0 spiro atoms. The van der Waals surface area contributed by atoms with E-state index in [9.17, 15) is 9.59 Å². The molecule has 2 amide bonds. The number of carbonyl (C=O) groups is 2. The maximum Gasteiger partial charge on any atom is 0.229 e. The summed E-state index contributed by atoms with van der Waals surface area (Å²) < 4.78 is 0. The Morgan fingerprint density at radius 2 is 1.85 bits per heavy atom. The van der Waals surface area contributed by atoms with Crippen LogP contribution in [0.2, 0.25) is 0 Å². The van der Waals surface area contributed by atoms with Crippen molar-refractivity contribution in [2.75, 3.05) is 5.32 Å². The standard InChI is InChI=1S/C14H19N3O2S/c1-7-3-10(7)12(18)15-5-9-6-20-14(16-9)17-13(19)11-4-8(11)2/h6-8,10-11H,3-5H2,1-2H3,(H,15,18)(H,16,17,19)/t7-,8-,10+,11-/m1/s1. The Bertz CT molecular complexity index is 542. The van der Waals surface area contributed by atoms with Gasteiger partial charge in [0.25, 0.3) is 0 Å². The lowest BCUT2D eigenvalue weighted by molar-refractivity contribution is -0.122. The minimum Gasteiger partial charge on any atom is -0.350 e. The number of rotatable bonds is 5. The Kier molecular flexibility index (Phi) is 3.50. The SMILES string of the molecule is C[C@@H]1C[C@@H]1C(=O)NCc1csc(NC(=O)[C@@H]2C[C@H]2C)n1.